The lowest BCUT2D eigenvalue weighted by Gasteiger charge is -2.19. The van der Waals surface area contributed by atoms with Crippen molar-refractivity contribution >= 4 is 11.8 Å². The number of hydrogen-bond acceptors (Lipinski definition) is 5. The maximum atomic E-state index is 11.9. The van der Waals surface area contributed by atoms with Crippen molar-refractivity contribution in [2.24, 2.45) is 0 Å². The summed E-state index contributed by atoms with van der Waals surface area (Å²) in [6.07, 6.45) is 7.35. The van der Waals surface area contributed by atoms with E-state index in [2.05, 4.69) is 22.1 Å². The monoisotopic (exact) mass is 407 g/mol. The Morgan fingerprint density at radius 2 is 1.63 bits per heavy atom. The van der Waals surface area contributed by atoms with Crippen LogP contribution in [0.3, 0.4) is 0 Å². The van der Waals surface area contributed by atoms with Crippen LogP contribution in [-0.4, -0.2) is 24.0 Å². The molecule has 0 radical (unpaired) electrons. The van der Waals surface area contributed by atoms with Gasteiger partial charge in [-0.1, -0.05) is 24.3 Å². The molecule has 1 aliphatic heterocycles. The Morgan fingerprint density at radius 3 is 2.17 bits per heavy atom. The third kappa shape index (κ3) is 6.51. The highest BCUT2D eigenvalue weighted by atomic mass is 16.6. The first-order chi connectivity index (χ1) is 14.3. The molecule has 0 saturated carbocycles. The van der Waals surface area contributed by atoms with Gasteiger partial charge in [0, 0.05) is 18.5 Å². The van der Waals surface area contributed by atoms with Gasteiger partial charge in [-0.05, 0) is 62.6 Å². The number of carbonyl (C=O) groups excluding carboxylic acids is 1. The van der Waals surface area contributed by atoms with E-state index in [0.717, 1.165) is 36.1 Å². The van der Waals surface area contributed by atoms with Crippen molar-refractivity contribution in [1.82, 2.24) is 10.9 Å². The van der Waals surface area contributed by atoms with E-state index in [1.54, 1.807) is 0 Å². The Hall–Kier alpha value is -3.01. The molecule has 0 aliphatic carbocycles. The normalized spacial score (nSPS) is 14.5. The summed E-state index contributed by atoms with van der Waals surface area (Å²) >= 11 is 0. The maximum Gasteiger partial charge on any atom is 0.412 e. The average molecular weight is 408 g/mol. The SMILES string of the molecule is C#CCCC1(CCOc2ccc(-c3ccc(NC(=O)OC(C)(C)C)cc3)cc2)NN1. The van der Waals surface area contributed by atoms with E-state index in [1.165, 1.54) is 0 Å². The molecule has 158 valence electrons. The highest BCUT2D eigenvalue weighted by molar-refractivity contribution is 5.85. The number of amides is 1. The molecule has 2 aromatic carbocycles. The van der Waals surface area contributed by atoms with E-state index in [4.69, 9.17) is 15.9 Å². The standard InChI is InChI=1S/C24H29N3O3/c1-5-6-15-24(26-27-24)16-17-29-21-13-9-19(10-14-21)18-7-11-20(12-8-18)25-22(28)30-23(2,3)4/h1,7-14,26-27H,6,15-17H2,2-4H3,(H,25,28). The first-order valence-corrected chi connectivity index (χ1v) is 10.1. The van der Waals surface area contributed by atoms with Gasteiger partial charge in [0.25, 0.3) is 0 Å². The minimum atomic E-state index is -0.526. The van der Waals surface area contributed by atoms with Gasteiger partial charge in [0.1, 0.15) is 11.4 Å². The Labute approximate surface area is 178 Å². The Bertz CT molecular complexity index is 889. The van der Waals surface area contributed by atoms with Gasteiger partial charge in [-0.2, -0.15) is 0 Å². The molecule has 0 atom stereocenters. The van der Waals surface area contributed by atoms with E-state index < -0.39 is 11.7 Å². The number of carbonyl (C=O) groups is 1. The van der Waals surface area contributed by atoms with Crippen LogP contribution in [0.2, 0.25) is 0 Å². The number of benzene rings is 2. The molecule has 6 heteroatoms. The van der Waals surface area contributed by atoms with Crippen molar-refractivity contribution in [2.45, 2.75) is 51.3 Å². The van der Waals surface area contributed by atoms with Gasteiger partial charge in [-0.3, -0.25) is 5.32 Å². The van der Waals surface area contributed by atoms with Crippen molar-refractivity contribution in [2.75, 3.05) is 11.9 Å². The van der Waals surface area contributed by atoms with E-state index in [0.29, 0.717) is 12.3 Å². The molecular weight excluding hydrogens is 378 g/mol. The van der Waals surface area contributed by atoms with Crippen LogP contribution in [0.5, 0.6) is 5.75 Å². The molecule has 2 aromatic rings. The molecule has 0 aromatic heterocycles. The fourth-order valence-electron chi connectivity index (χ4n) is 3.00. The van der Waals surface area contributed by atoms with Gasteiger partial charge in [0.2, 0.25) is 0 Å². The second-order valence-electron chi connectivity index (χ2n) is 8.36. The minimum Gasteiger partial charge on any atom is -0.493 e. The summed E-state index contributed by atoms with van der Waals surface area (Å²) in [5.41, 5.74) is 8.55. The molecule has 1 aliphatic rings. The molecule has 30 heavy (non-hydrogen) atoms. The number of terminal acetylenes is 1. The van der Waals surface area contributed by atoms with Crippen molar-refractivity contribution in [3.63, 3.8) is 0 Å². The number of hydrazine groups is 1. The maximum absolute atomic E-state index is 11.9. The van der Waals surface area contributed by atoms with Crippen LogP contribution in [0.25, 0.3) is 11.1 Å². The summed E-state index contributed by atoms with van der Waals surface area (Å²) in [6.45, 7) is 6.11. The van der Waals surface area contributed by atoms with Crippen molar-refractivity contribution in [1.29, 1.82) is 0 Å². The fraction of sp³-hybridized carbons (Fsp3) is 0.375. The molecule has 1 amide bonds. The van der Waals surface area contributed by atoms with Crippen molar-refractivity contribution in [3.05, 3.63) is 48.5 Å². The molecular formula is C24H29N3O3. The first-order valence-electron chi connectivity index (χ1n) is 10.1. The zero-order chi connectivity index (χ0) is 21.6. The second kappa shape index (κ2) is 9.21. The van der Waals surface area contributed by atoms with Crippen LogP contribution in [0.4, 0.5) is 10.5 Å². The van der Waals surface area contributed by atoms with Gasteiger partial charge >= 0.3 is 6.09 Å². The van der Waals surface area contributed by atoms with E-state index in [9.17, 15) is 4.79 Å². The van der Waals surface area contributed by atoms with Gasteiger partial charge in [0.15, 0.2) is 0 Å². The molecule has 1 saturated heterocycles. The molecule has 1 heterocycles. The lowest BCUT2D eigenvalue weighted by molar-refractivity contribution is 0.0636. The zero-order valence-electron chi connectivity index (χ0n) is 17.7. The van der Waals surface area contributed by atoms with Crippen LogP contribution in [0, 0.1) is 12.3 Å². The van der Waals surface area contributed by atoms with Gasteiger partial charge in [-0.15, -0.1) is 12.3 Å². The first kappa shape index (κ1) is 21.7. The summed E-state index contributed by atoms with van der Waals surface area (Å²) in [5.74, 6) is 3.50. The minimum absolute atomic E-state index is 0.0681. The Morgan fingerprint density at radius 1 is 1.03 bits per heavy atom. The lowest BCUT2D eigenvalue weighted by atomic mass is 10.1. The topological polar surface area (TPSA) is 91.4 Å². The number of ether oxygens (including phenoxy) is 2. The van der Waals surface area contributed by atoms with Gasteiger partial charge < -0.3 is 9.47 Å². The Kier molecular flexibility index (Phi) is 6.66. The molecule has 3 rings (SSSR count). The number of rotatable bonds is 8. The predicted molar refractivity (Wildman–Crippen MR) is 119 cm³/mol. The number of hydrogen-bond donors (Lipinski definition) is 3. The number of anilines is 1. The van der Waals surface area contributed by atoms with Gasteiger partial charge in [-0.25, -0.2) is 15.6 Å². The summed E-state index contributed by atoms with van der Waals surface area (Å²) in [5, 5.41) is 2.74. The molecule has 0 bridgehead atoms. The van der Waals surface area contributed by atoms with E-state index >= 15 is 0 Å². The molecule has 1 fully saturated rings. The molecule has 0 spiro atoms. The average Bonchev–Trinajstić information content (AvgIpc) is 3.46. The van der Waals surface area contributed by atoms with Crippen molar-refractivity contribution < 1.29 is 14.3 Å². The van der Waals surface area contributed by atoms with Crippen molar-refractivity contribution in [3.8, 4) is 29.2 Å². The highest BCUT2D eigenvalue weighted by Gasteiger charge is 2.40. The van der Waals surface area contributed by atoms with E-state index in [1.807, 2.05) is 69.3 Å². The molecule has 0 unspecified atom stereocenters. The van der Waals surface area contributed by atoms with Crippen LogP contribution in [0.15, 0.2) is 48.5 Å². The zero-order valence-corrected chi connectivity index (χ0v) is 17.7. The smallest absolute Gasteiger partial charge is 0.412 e. The Balaban J connectivity index is 1.50. The summed E-state index contributed by atoms with van der Waals surface area (Å²) in [4.78, 5) is 11.9. The largest absolute Gasteiger partial charge is 0.493 e. The summed E-state index contributed by atoms with van der Waals surface area (Å²) in [7, 11) is 0. The summed E-state index contributed by atoms with van der Waals surface area (Å²) in [6, 6.07) is 15.6. The van der Waals surface area contributed by atoms with Crippen LogP contribution < -0.4 is 20.9 Å². The van der Waals surface area contributed by atoms with Crippen LogP contribution in [0.1, 0.15) is 40.0 Å². The van der Waals surface area contributed by atoms with Crippen LogP contribution >= 0.6 is 0 Å². The summed E-state index contributed by atoms with van der Waals surface area (Å²) < 4.78 is 11.1. The number of nitrogens with one attached hydrogen (secondary N) is 3. The van der Waals surface area contributed by atoms with E-state index in [-0.39, 0.29) is 5.66 Å². The predicted octanol–water partition coefficient (Wildman–Crippen LogP) is 4.69. The molecule has 6 nitrogen and oxygen atoms in total. The second-order valence-corrected chi connectivity index (χ2v) is 8.36. The lowest BCUT2D eigenvalue weighted by Crippen LogP contribution is -2.27. The van der Waals surface area contributed by atoms with Crippen LogP contribution in [-0.2, 0) is 4.74 Å². The third-order valence-corrected chi connectivity index (χ3v) is 4.69. The highest BCUT2D eigenvalue weighted by Crippen LogP contribution is 2.26. The quantitative estimate of drug-likeness (QED) is 0.436. The third-order valence-electron chi connectivity index (χ3n) is 4.69. The van der Waals surface area contributed by atoms with Gasteiger partial charge in [0.05, 0.1) is 12.3 Å². The fourth-order valence-corrected chi connectivity index (χ4v) is 3.00. The molecule has 3 N–H and O–H groups in total.